The molecule has 5 heteroatoms. The zero-order chi connectivity index (χ0) is 14.8. The van der Waals surface area contributed by atoms with Crippen molar-refractivity contribution in [2.45, 2.75) is 31.7 Å². The van der Waals surface area contributed by atoms with Gasteiger partial charge in [0.1, 0.15) is 0 Å². The van der Waals surface area contributed by atoms with Crippen LogP contribution in [0.2, 0.25) is 0 Å². The first kappa shape index (κ1) is 14.4. The van der Waals surface area contributed by atoms with Crippen LogP contribution in [0.5, 0.6) is 0 Å². The maximum Gasteiger partial charge on any atom is 0.254 e. The molecule has 1 saturated heterocycles. The molecule has 1 amide bonds. The molecule has 1 aliphatic carbocycles. The Morgan fingerprint density at radius 2 is 1.67 bits per heavy atom. The summed E-state index contributed by atoms with van der Waals surface area (Å²) in [6, 6.07) is 4.02. The van der Waals surface area contributed by atoms with Gasteiger partial charge < -0.3 is 4.90 Å². The van der Waals surface area contributed by atoms with Crippen LogP contribution in [0.3, 0.4) is 0 Å². The summed E-state index contributed by atoms with van der Waals surface area (Å²) >= 11 is 0. The number of benzene rings is 1. The van der Waals surface area contributed by atoms with E-state index in [1.165, 1.54) is 31.7 Å². The molecule has 1 aromatic rings. The molecule has 0 aromatic heterocycles. The van der Waals surface area contributed by atoms with Crippen molar-refractivity contribution in [2.75, 3.05) is 26.2 Å². The van der Waals surface area contributed by atoms with Gasteiger partial charge in [0.25, 0.3) is 5.91 Å². The standard InChI is InChI=1S/C16H20F2N2O/c17-14-6-5-12(11-15(14)18)16(21)20-9-7-19(8-10-20)13-3-1-2-4-13/h5-6,11,13H,1-4,7-10H2. The largest absolute Gasteiger partial charge is 0.336 e. The lowest BCUT2D eigenvalue weighted by Gasteiger charge is -2.38. The first-order valence-electron chi connectivity index (χ1n) is 7.63. The third kappa shape index (κ3) is 3.07. The van der Waals surface area contributed by atoms with Crippen molar-refractivity contribution >= 4 is 5.91 Å². The first-order valence-corrected chi connectivity index (χ1v) is 7.63. The molecule has 21 heavy (non-hydrogen) atoms. The van der Waals surface area contributed by atoms with Crippen LogP contribution in [0.15, 0.2) is 18.2 Å². The number of carbonyl (C=O) groups excluding carboxylic acids is 1. The molecule has 0 N–H and O–H groups in total. The molecule has 1 heterocycles. The minimum absolute atomic E-state index is 0.208. The molecular weight excluding hydrogens is 274 g/mol. The summed E-state index contributed by atoms with van der Waals surface area (Å²) in [5.41, 5.74) is 0.225. The summed E-state index contributed by atoms with van der Waals surface area (Å²) < 4.78 is 26.1. The second-order valence-electron chi connectivity index (χ2n) is 5.90. The van der Waals surface area contributed by atoms with Gasteiger partial charge in [0.05, 0.1) is 0 Å². The van der Waals surface area contributed by atoms with Crippen LogP contribution >= 0.6 is 0 Å². The van der Waals surface area contributed by atoms with E-state index in [1.54, 1.807) is 4.90 Å². The molecule has 1 aliphatic heterocycles. The first-order chi connectivity index (χ1) is 10.1. The monoisotopic (exact) mass is 294 g/mol. The quantitative estimate of drug-likeness (QED) is 0.837. The van der Waals surface area contributed by atoms with Gasteiger partial charge in [-0.05, 0) is 31.0 Å². The van der Waals surface area contributed by atoms with Gasteiger partial charge in [-0.15, -0.1) is 0 Å². The third-order valence-corrected chi connectivity index (χ3v) is 4.61. The molecule has 0 spiro atoms. The molecular formula is C16H20F2N2O. The maximum atomic E-state index is 13.2. The Labute approximate surface area is 123 Å². The second-order valence-corrected chi connectivity index (χ2v) is 5.90. The van der Waals surface area contributed by atoms with Crippen LogP contribution in [-0.4, -0.2) is 47.9 Å². The van der Waals surface area contributed by atoms with Crippen molar-refractivity contribution in [1.29, 1.82) is 0 Å². The summed E-state index contributed by atoms with van der Waals surface area (Å²) in [5, 5.41) is 0. The van der Waals surface area contributed by atoms with Gasteiger partial charge in [-0.2, -0.15) is 0 Å². The molecule has 2 aliphatic rings. The Hall–Kier alpha value is -1.49. The summed E-state index contributed by atoms with van der Waals surface area (Å²) in [5.74, 6) is -2.09. The van der Waals surface area contributed by atoms with Crippen molar-refractivity contribution in [2.24, 2.45) is 0 Å². The second kappa shape index (κ2) is 6.10. The Bertz CT molecular complexity index is 521. The normalized spacial score (nSPS) is 21.0. The molecule has 1 aromatic carbocycles. The van der Waals surface area contributed by atoms with Crippen LogP contribution in [0.25, 0.3) is 0 Å². The lowest BCUT2D eigenvalue weighted by atomic mass is 10.1. The predicted octanol–water partition coefficient (Wildman–Crippen LogP) is 2.67. The van der Waals surface area contributed by atoms with Gasteiger partial charge in [0.2, 0.25) is 0 Å². The van der Waals surface area contributed by atoms with E-state index < -0.39 is 11.6 Å². The van der Waals surface area contributed by atoms with Gasteiger partial charge in [-0.25, -0.2) is 8.78 Å². The smallest absolute Gasteiger partial charge is 0.254 e. The summed E-state index contributed by atoms with van der Waals surface area (Å²) in [6.07, 6.45) is 5.13. The molecule has 3 rings (SSSR count). The lowest BCUT2D eigenvalue weighted by molar-refractivity contribution is 0.0573. The average Bonchev–Trinajstić information content (AvgIpc) is 3.04. The Morgan fingerprint density at radius 3 is 2.29 bits per heavy atom. The Balaban J connectivity index is 1.60. The number of hydrogen-bond donors (Lipinski definition) is 0. The van der Waals surface area contributed by atoms with Crippen LogP contribution in [-0.2, 0) is 0 Å². The van der Waals surface area contributed by atoms with E-state index in [1.807, 2.05) is 0 Å². The Morgan fingerprint density at radius 1 is 1.00 bits per heavy atom. The van der Waals surface area contributed by atoms with Gasteiger partial charge in [0.15, 0.2) is 11.6 Å². The predicted molar refractivity (Wildman–Crippen MR) is 76.1 cm³/mol. The number of nitrogens with zero attached hydrogens (tertiary/aromatic N) is 2. The van der Waals surface area contributed by atoms with Gasteiger partial charge >= 0.3 is 0 Å². The van der Waals surface area contributed by atoms with E-state index in [2.05, 4.69) is 4.90 Å². The molecule has 0 bridgehead atoms. The van der Waals surface area contributed by atoms with E-state index in [4.69, 9.17) is 0 Å². The zero-order valence-corrected chi connectivity index (χ0v) is 12.0. The van der Waals surface area contributed by atoms with E-state index in [0.29, 0.717) is 19.1 Å². The van der Waals surface area contributed by atoms with Crippen molar-refractivity contribution in [3.63, 3.8) is 0 Å². The highest BCUT2D eigenvalue weighted by Crippen LogP contribution is 2.24. The van der Waals surface area contributed by atoms with E-state index in [0.717, 1.165) is 25.2 Å². The summed E-state index contributed by atoms with van der Waals surface area (Å²) in [7, 11) is 0. The minimum atomic E-state index is -0.967. The molecule has 1 saturated carbocycles. The highest BCUT2D eigenvalue weighted by atomic mass is 19.2. The molecule has 0 unspecified atom stereocenters. The number of halogens is 2. The maximum absolute atomic E-state index is 13.2. The van der Waals surface area contributed by atoms with E-state index in [9.17, 15) is 13.6 Å². The van der Waals surface area contributed by atoms with Gasteiger partial charge in [-0.3, -0.25) is 9.69 Å². The highest BCUT2D eigenvalue weighted by Gasteiger charge is 2.28. The fourth-order valence-corrected chi connectivity index (χ4v) is 3.37. The minimum Gasteiger partial charge on any atom is -0.336 e. The highest BCUT2D eigenvalue weighted by molar-refractivity contribution is 5.94. The molecule has 0 radical (unpaired) electrons. The summed E-state index contributed by atoms with van der Waals surface area (Å²) in [4.78, 5) is 16.5. The Kier molecular flexibility index (Phi) is 4.19. The lowest BCUT2D eigenvalue weighted by Crippen LogP contribution is -2.51. The van der Waals surface area contributed by atoms with E-state index in [-0.39, 0.29) is 11.5 Å². The molecule has 3 nitrogen and oxygen atoms in total. The zero-order valence-electron chi connectivity index (χ0n) is 12.0. The number of hydrogen-bond acceptors (Lipinski definition) is 2. The van der Waals surface area contributed by atoms with Crippen molar-refractivity contribution in [1.82, 2.24) is 9.80 Å². The fraction of sp³-hybridized carbons (Fsp3) is 0.562. The fourth-order valence-electron chi connectivity index (χ4n) is 3.37. The molecule has 0 atom stereocenters. The number of rotatable bonds is 2. The van der Waals surface area contributed by atoms with E-state index >= 15 is 0 Å². The van der Waals surface area contributed by atoms with Crippen LogP contribution in [0.1, 0.15) is 36.0 Å². The van der Waals surface area contributed by atoms with Crippen molar-refractivity contribution in [3.8, 4) is 0 Å². The molecule has 114 valence electrons. The molecule has 2 fully saturated rings. The van der Waals surface area contributed by atoms with Crippen LogP contribution < -0.4 is 0 Å². The third-order valence-electron chi connectivity index (χ3n) is 4.61. The van der Waals surface area contributed by atoms with Crippen molar-refractivity contribution in [3.05, 3.63) is 35.4 Å². The average molecular weight is 294 g/mol. The van der Waals surface area contributed by atoms with Crippen molar-refractivity contribution < 1.29 is 13.6 Å². The topological polar surface area (TPSA) is 23.6 Å². The number of amides is 1. The van der Waals surface area contributed by atoms with Gasteiger partial charge in [-0.1, -0.05) is 12.8 Å². The number of piperazine rings is 1. The number of carbonyl (C=O) groups is 1. The summed E-state index contributed by atoms with van der Waals surface area (Å²) in [6.45, 7) is 3.07. The SMILES string of the molecule is O=C(c1ccc(F)c(F)c1)N1CCN(C2CCCC2)CC1. The van der Waals surface area contributed by atoms with Crippen LogP contribution in [0, 0.1) is 11.6 Å². The van der Waals surface area contributed by atoms with Crippen LogP contribution in [0.4, 0.5) is 8.78 Å². The van der Waals surface area contributed by atoms with Gasteiger partial charge in [0, 0.05) is 37.8 Å².